The first-order valence-electron chi connectivity index (χ1n) is 10.5. The minimum Gasteiger partial charge on any atom is -0.493 e. The standard InChI is InChI=1S/C24H20N6O3/c1-31-18-10-9-14(12-19(18)32-2)23-20-21(16-7-3-4-8-17(16)33-23)26-24-27-28-29-30(24)22(20)15-6-5-11-25-13-15/h3-13,22-23H,1-2H3,(H,26,27,29)/t22-,23+/m0/s1. The summed E-state index contributed by atoms with van der Waals surface area (Å²) in [6, 6.07) is 17.4. The highest BCUT2D eigenvalue weighted by Gasteiger charge is 2.41. The number of fused-ring (bicyclic) bond motifs is 3. The highest BCUT2D eigenvalue weighted by Crippen LogP contribution is 2.50. The summed E-state index contributed by atoms with van der Waals surface area (Å²) in [6.45, 7) is 0. The van der Waals surface area contributed by atoms with Gasteiger partial charge in [0, 0.05) is 29.1 Å². The first-order chi connectivity index (χ1) is 16.3. The molecule has 0 spiro atoms. The van der Waals surface area contributed by atoms with Crippen molar-refractivity contribution < 1.29 is 14.2 Å². The second kappa shape index (κ2) is 7.63. The van der Waals surface area contributed by atoms with Crippen LogP contribution in [0.25, 0.3) is 5.70 Å². The van der Waals surface area contributed by atoms with Gasteiger partial charge in [-0.2, -0.15) is 4.68 Å². The summed E-state index contributed by atoms with van der Waals surface area (Å²) in [5.74, 6) is 2.61. The van der Waals surface area contributed by atoms with Gasteiger partial charge in [0.05, 0.1) is 19.9 Å². The van der Waals surface area contributed by atoms with Crippen molar-refractivity contribution >= 4 is 11.6 Å². The van der Waals surface area contributed by atoms with Crippen molar-refractivity contribution in [2.45, 2.75) is 12.1 Å². The molecule has 0 saturated heterocycles. The zero-order chi connectivity index (χ0) is 22.4. The van der Waals surface area contributed by atoms with Crippen LogP contribution in [0.2, 0.25) is 0 Å². The van der Waals surface area contributed by atoms with E-state index in [1.54, 1.807) is 25.1 Å². The van der Waals surface area contributed by atoms with Crippen molar-refractivity contribution in [2.75, 3.05) is 19.5 Å². The smallest absolute Gasteiger partial charge is 0.248 e. The molecule has 0 radical (unpaired) electrons. The Hall–Kier alpha value is -4.40. The summed E-state index contributed by atoms with van der Waals surface area (Å²) in [5.41, 5.74) is 4.73. The number of nitrogens with one attached hydrogen (secondary N) is 1. The Kier molecular flexibility index (Phi) is 4.46. The number of hydrogen-bond donors (Lipinski definition) is 1. The van der Waals surface area contributed by atoms with Gasteiger partial charge in [0.15, 0.2) is 11.5 Å². The van der Waals surface area contributed by atoms with Gasteiger partial charge in [0.2, 0.25) is 5.95 Å². The number of tetrazole rings is 1. The second-order valence-electron chi connectivity index (χ2n) is 7.70. The summed E-state index contributed by atoms with van der Waals surface area (Å²) in [7, 11) is 3.24. The number of benzene rings is 2. The lowest BCUT2D eigenvalue weighted by molar-refractivity contribution is 0.222. The molecular formula is C24H20N6O3. The first-order valence-corrected chi connectivity index (χ1v) is 10.5. The molecule has 9 nitrogen and oxygen atoms in total. The Morgan fingerprint density at radius 1 is 0.970 bits per heavy atom. The first kappa shape index (κ1) is 19.3. The Bertz CT molecular complexity index is 1370. The summed E-state index contributed by atoms with van der Waals surface area (Å²) in [6.07, 6.45) is 3.15. The molecule has 0 aliphatic carbocycles. The molecule has 0 amide bonds. The van der Waals surface area contributed by atoms with Gasteiger partial charge in [-0.15, -0.1) is 0 Å². The fourth-order valence-corrected chi connectivity index (χ4v) is 4.49. The Labute approximate surface area is 189 Å². The molecule has 6 rings (SSSR count). The van der Waals surface area contributed by atoms with E-state index in [4.69, 9.17) is 14.2 Å². The lowest BCUT2D eigenvalue weighted by Crippen LogP contribution is -2.32. The molecule has 9 heteroatoms. The lowest BCUT2D eigenvalue weighted by Gasteiger charge is -2.38. The maximum atomic E-state index is 6.61. The molecule has 4 heterocycles. The number of hydrogen-bond acceptors (Lipinski definition) is 8. The summed E-state index contributed by atoms with van der Waals surface area (Å²) in [5, 5.41) is 15.8. The maximum Gasteiger partial charge on any atom is 0.248 e. The molecule has 2 atom stereocenters. The van der Waals surface area contributed by atoms with E-state index in [0.29, 0.717) is 17.4 Å². The normalized spacial score (nSPS) is 18.4. The van der Waals surface area contributed by atoms with E-state index in [2.05, 4.69) is 25.8 Å². The van der Waals surface area contributed by atoms with E-state index < -0.39 is 6.10 Å². The minimum atomic E-state index is -0.426. The zero-order valence-corrected chi connectivity index (χ0v) is 18.0. The van der Waals surface area contributed by atoms with Crippen LogP contribution in [0.5, 0.6) is 17.2 Å². The van der Waals surface area contributed by atoms with Crippen LogP contribution in [0.1, 0.15) is 28.8 Å². The molecule has 2 aromatic heterocycles. The highest BCUT2D eigenvalue weighted by molar-refractivity contribution is 5.85. The Balaban J connectivity index is 1.60. The van der Waals surface area contributed by atoms with Crippen LogP contribution in [0, 0.1) is 0 Å². The third-order valence-corrected chi connectivity index (χ3v) is 5.95. The molecule has 164 valence electrons. The van der Waals surface area contributed by atoms with Crippen molar-refractivity contribution in [2.24, 2.45) is 0 Å². The highest BCUT2D eigenvalue weighted by atomic mass is 16.5. The van der Waals surface area contributed by atoms with Crippen LogP contribution < -0.4 is 19.5 Å². The summed E-state index contributed by atoms with van der Waals surface area (Å²) >= 11 is 0. The van der Waals surface area contributed by atoms with Gasteiger partial charge in [-0.1, -0.05) is 29.4 Å². The maximum absolute atomic E-state index is 6.61. The fraction of sp³-hybridized carbons (Fsp3) is 0.167. The number of nitrogens with zero attached hydrogens (tertiary/aromatic N) is 5. The third-order valence-electron chi connectivity index (χ3n) is 5.95. The average molecular weight is 440 g/mol. The van der Waals surface area contributed by atoms with E-state index in [1.165, 1.54) is 0 Å². The van der Waals surface area contributed by atoms with Crippen molar-refractivity contribution in [3.63, 3.8) is 0 Å². The lowest BCUT2D eigenvalue weighted by atomic mass is 9.85. The molecule has 0 saturated carbocycles. The van der Waals surface area contributed by atoms with Gasteiger partial charge in [-0.3, -0.25) is 4.98 Å². The van der Waals surface area contributed by atoms with Crippen LogP contribution >= 0.6 is 0 Å². The Morgan fingerprint density at radius 3 is 2.67 bits per heavy atom. The average Bonchev–Trinajstić information content (AvgIpc) is 3.35. The molecule has 1 N–H and O–H groups in total. The van der Waals surface area contributed by atoms with Gasteiger partial charge in [-0.05, 0) is 46.3 Å². The van der Waals surface area contributed by atoms with Crippen LogP contribution in [-0.2, 0) is 0 Å². The number of rotatable bonds is 4. The summed E-state index contributed by atoms with van der Waals surface area (Å²) < 4.78 is 19.4. The van der Waals surface area contributed by atoms with E-state index in [0.717, 1.165) is 33.7 Å². The molecule has 0 unspecified atom stereocenters. The Morgan fingerprint density at radius 2 is 1.85 bits per heavy atom. The van der Waals surface area contributed by atoms with Crippen molar-refractivity contribution in [1.82, 2.24) is 25.2 Å². The van der Waals surface area contributed by atoms with Gasteiger partial charge in [-0.25, -0.2) is 0 Å². The van der Waals surface area contributed by atoms with Gasteiger partial charge < -0.3 is 19.5 Å². The van der Waals surface area contributed by atoms with E-state index in [1.807, 2.05) is 60.8 Å². The third kappa shape index (κ3) is 3.00. The van der Waals surface area contributed by atoms with Gasteiger partial charge >= 0.3 is 0 Å². The number of pyridine rings is 1. The molecular weight excluding hydrogens is 420 g/mol. The monoisotopic (exact) mass is 440 g/mol. The van der Waals surface area contributed by atoms with Gasteiger partial charge in [0.25, 0.3) is 0 Å². The van der Waals surface area contributed by atoms with Crippen LogP contribution in [-0.4, -0.2) is 39.4 Å². The fourth-order valence-electron chi connectivity index (χ4n) is 4.49. The molecule has 33 heavy (non-hydrogen) atoms. The van der Waals surface area contributed by atoms with Crippen molar-refractivity contribution in [3.8, 4) is 17.2 Å². The number of aromatic nitrogens is 5. The zero-order valence-electron chi connectivity index (χ0n) is 18.0. The largest absolute Gasteiger partial charge is 0.493 e. The molecule has 2 aliphatic rings. The minimum absolute atomic E-state index is 0.314. The topological polar surface area (TPSA) is 96.2 Å². The van der Waals surface area contributed by atoms with E-state index in [-0.39, 0.29) is 6.04 Å². The predicted octanol–water partition coefficient (Wildman–Crippen LogP) is 3.65. The van der Waals surface area contributed by atoms with Crippen LogP contribution in [0.15, 0.2) is 72.6 Å². The predicted molar refractivity (Wildman–Crippen MR) is 120 cm³/mol. The summed E-state index contributed by atoms with van der Waals surface area (Å²) in [4.78, 5) is 4.34. The number of ether oxygens (including phenoxy) is 3. The molecule has 0 fully saturated rings. The van der Waals surface area contributed by atoms with Crippen LogP contribution in [0.4, 0.5) is 5.95 Å². The SMILES string of the molecule is COc1ccc([C@H]2Oc3ccccc3C3=C2[C@H](c2cccnc2)n2nnnc2N3)cc1OC. The van der Waals surface area contributed by atoms with Crippen LogP contribution in [0.3, 0.4) is 0 Å². The molecule has 0 bridgehead atoms. The van der Waals surface area contributed by atoms with Gasteiger partial charge in [0.1, 0.15) is 17.9 Å². The quantitative estimate of drug-likeness (QED) is 0.514. The molecule has 4 aromatic rings. The van der Waals surface area contributed by atoms with E-state index >= 15 is 0 Å². The second-order valence-corrected chi connectivity index (χ2v) is 7.70. The van der Waals surface area contributed by atoms with Crippen molar-refractivity contribution in [1.29, 1.82) is 0 Å². The van der Waals surface area contributed by atoms with E-state index in [9.17, 15) is 0 Å². The molecule has 2 aliphatic heterocycles. The number of anilines is 1. The number of para-hydroxylation sites is 1. The molecule has 2 aromatic carbocycles. The number of methoxy groups -OCH3 is 2. The van der Waals surface area contributed by atoms with Crippen molar-refractivity contribution in [3.05, 3.63) is 89.3 Å².